The normalized spacial score (nSPS) is 14.3. The van der Waals surface area contributed by atoms with E-state index in [1.165, 1.54) is 16.2 Å². The fourth-order valence-electron chi connectivity index (χ4n) is 5.08. The first-order valence-electron chi connectivity index (χ1n) is 12.7. The number of fused-ring (bicyclic) bond motifs is 1. The number of nitrogens with zero attached hydrogens (tertiary/aromatic N) is 1. The van der Waals surface area contributed by atoms with E-state index in [1.54, 1.807) is 31.2 Å². The van der Waals surface area contributed by atoms with E-state index in [0.717, 1.165) is 41.5 Å². The molecule has 0 unspecified atom stereocenters. The molecule has 0 fully saturated rings. The maximum atomic E-state index is 13.0. The average Bonchev–Trinajstić information content (AvgIpc) is 3.26. The predicted octanol–water partition coefficient (Wildman–Crippen LogP) is 4.85. The Hall–Kier alpha value is -3.63. The van der Waals surface area contributed by atoms with Gasteiger partial charge in [-0.25, -0.2) is 4.79 Å². The molecule has 8 nitrogen and oxygen atoms in total. The Morgan fingerprint density at radius 3 is 2.42 bits per heavy atom. The van der Waals surface area contributed by atoms with Gasteiger partial charge in [-0.2, -0.15) is 0 Å². The standard InChI is InChI=1S/C28H27N3O5S2/c1-2-36-27(35)23-17-10-3-4-13-20(17)38-24(23)30-28(37)29-21(32)14-7-15-31-25(33)18-11-5-8-16-9-6-12-19(22(16)18)26(31)34/h5-6,8-9,11-12H,2-4,7,10,13-15H2,1H3,(H2,29,30,32,37). The largest absolute Gasteiger partial charge is 0.462 e. The summed E-state index contributed by atoms with van der Waals surface area (Å²) in [5.74, 6) is -1.45. The Bertz CT molecular complexity index is 1430. The first-order chi connectivity index (χ1) is 18.4. The molecule has 1 aliphatic carbocycles. The SMILES string of the molecule is CCOC(=O)c1c(NC(=S)NC(=O)CCCN2C(=O)c3cccc4cccc(c34)C2=O)sc2c1CCCC2. The van der Waals surface area contributed by atoms with Crippen LogP contribution in [0.4, 0.5) is 5.00 Å². The summed E-state index contributed by atoms with van der Waals surface area (Å²) >= 11 is 6.82. The highest BCUT2D eigenvalue weighted by Crippen LogP contribution is 2.38. The minimum absolute atomic E-state index is 0.0659. The van der Waals surface area contributed by atoms with Crippen LogP contribution in [-0.4, -0.2) is 46.9 Å². The molecule has 196 valence electrons. The van der Waals surface area contributed by atoms with Gasteiger partial charge in [0.1, 0.15) is 5.00 Å². The van der Waals surface area contributed by atoms with Crippen molar-refractivity contribution in [1.82, 2.24) is 10.2 Å². The molecule has 2 aliphatic rings. The van der Waals surface area contributed by atoms with E-state index in [9.17, 15) is 19.2 Å². The van der Waals surface area contributed by atoms with Crippen molar-refractivity contribution in [1.29, 1.82) is 0 Å². The Morgan fingerprint density at radius 2 is 1.74 bits per heavy atom. The van der Waals surface area contributed by atoms with Gasteiger partial charge >= 0.3 is 5.97 Å². The number of aryl methyl sites for hydroxylation is 1. The summed E-state index contributed by atoms with van der Waals surface area (Å²) < 4.78 is 5.26. The predicted molar refractivity (Wildman–Crippen MR) is 150 cm³/mol. The number of nitrogens with one attached hydrogen (secondary N) is 2. The van der Waals surface area contributed by atoms with E-state index in [4.69, 9.17) is 17.0 Å². The van der Waals surface area contributed by atoms with E-state index in [1.807, 2.05) is 12.1 Å². The number of thiocarbonyl (C=S) groups is 1. The van der Waals surface area contributed by atoms with E-state index in [-0.39, 0.29) is 48.8 Å². The molecule has 0 saturated carbocycles. The fourth-order valence-corrected chi connectivity index (χ4v) is 6.64. The Morgan fingerprint density at radius 1 is 1.05 bits per heavy atom. The summed E-state index contributed by atoms with van der Waals surface area (Å²) in [6, 6.07) is 10.8. The number of carbonyl (C=O) groups is 4. The van der Waals surface area contributed by atoms with Gasteiger partial charge in [0.2, 0.25) is 5.91 Å². The highest BCUT2D eigenvalue weighted by molar-refractivity contribution is 7.80. The number of esters is 1. The van der Waals surface area contributed by atoms with Gasteiger partial charge in [-0.05, 0) is 74.3 Å². The number of imide groups is 1. The van der Waals surface area contributed by atoms with Crippen molar-refractivity contribution in [3.63, 3.8) is 0 Å². The summed E-state index contributed by atoms with van der Waals surface area (Å²) in [5, 5.41) is 7.85. The smallest absolute Gasteiger partial charge is 0.341 e. The number of anilines is 1. The van der Waals surface area contributed by atoms with Crippen LogP contribution in [0, 0.1) is 0 Å². The Balaban J connectivity index is 1.19. The number of hydrogen-bond donors (Lipinski definition) is 2. The third-order valence-corrected chi connectivity index (χ3v) is 8.18. The van der Waals surface area contributed by atoms with Gasteiger partial charge in [-0.1, -0.05) is 24.3 Å². The number of benzene rings is 2. The molecule has 0 radical (unpaired) electrons. The van der Waals surface area contributed by atoms with Crippen molar-refractivity contribution < 1.29 is 23.9 Å². The van der Waals surface area contributed by atoms with Crippen molar-refractivity contribution in [2.24, 2.45) is 0 Å². The lowest BCUT2D eigenvalue weighted by Gasteiger charge is -2.27. The molecular formula is C28H27N3O5S2. The Kier molecular flexibility index (Phi) is 7.53. The van der Waals surface area contributed by atoms with Gasteiger partial charge in [0.25, 0.3) is 11.8 Å². The molecule has 0 spiro atoms. The van der Waals surface area contributed by atoms with Crippen LogP contribution in [0.3, 0.4) is 0 Å². The molecule has 0 atom stereocenters. The topological polar surface area (TPSA) is 105 Å². The summed E-state index contributed by atoms with van der Waals surface area (Å²) in [5.41, 5.74) is 2.48. The molecule has 1 aliphatic heterocycles. The lowest BCUT2D eigenvalue weighted by molar-refractivity contribution is -0.119. The molecule has 2 N–H and O–H groups in total. The molecule has 38 heavy (non-hydrogen) atoms. The summed E-state index contributed by atoms with van der Waals surface area (Å²) in [6.07, 6.45) is 4.15. The quantitative estimate of drug-likeness (QED) is 0.247. The highest BCUT2D eigenvalue weighted by atomic mass is 32.1. The first kappa shape index (κ1) is 26.0. The fraction of sp³-hybridized carbons (Fsp3) is 0.321. The molecule has 0 bridgehead atoms. The molecule has 10 heteroatoms. The zero-order chi connectivity index (χ0) is 26.8. The molecule has 2 heterocycles. The van der Waals surface area contributed by atoms with Crippen LogP contribution < -0.4 is 10.6 Å². The van der Waals surface area contributed by atoms with Crippen molar-refractivity contribution in [3.8, 4) is 0 Å². The second-order valence-electron chi connectivity index (χ2n) is 9.21. The lowest BCUT2D eigenvalue weighted by atomic mass is 9.94. The number of amides is 3. The molecule has 2 aromatic carbocycles. The lowest BCUT2D eigenvalue weighted by Crippen LogP contribution is -2.41. The van der Waals surface area contributed by atoms with Crippen LogP contribution in [0.1, 0.15) is 74.1 Å². The minimum atomic E-state index is -0.392. The van der Waals surface area contributed by atoms with Gasteiger partial charge in [-0.3, -0.25) is 19.3 Å². The number of ether oxygens (including phenoxy) is 1. The zero-order valence-electron chi connectivity index (χ0n) is 20.9. The maximum Gasteiger partial charge on any atom is 0.341 e. The summed E-state index contributed by atoms with van der Waals surface area (Å²) in [7, 11) is 0. The molecular weight excluding hydrogens is 522 g/mol. The number of thiophene rings is 1. The van der Waals surface area contributed by atoms with Crippen LogP contribution in [0.5, 0.6) is 0 Å². The first-order valence-corrected chi connectivity index (χ1v) is 13.9. The summed E-state index contributed by atoms with van der Waals surface area (Å²) in [6.45, 7) is 2.15. The zero-order valence-corrected chi connectivity index (χ0v) is 22.6. The van der Waals surface area contributed by atoms with E-state index in [0.29, 0.717) is 27.1 Å². The van der Waals surface area contributed by atoms with Crippen molar-refractivity contribution in [2.75, 3.05) is 18.5 Å². The molecule has 0 saturated heterocycles. The third kappa shape index (κ3) is 4.93. The van der Waals surface area contributed by atoms with Crippen molar-refractivity contribution in [2.45, 2.75) is 45.4 Å². The monoisotopic (exact) mass is 549 g/mol. The van der Waals surface area contributed by atoms with Crippen LogP contribution >= 0.6 is 23.6 Å². The minimum Gasteiger partial charge on any atom is -0.462 e. The summed E-state index contributed by atoms with van der Waals surface area (Å²) in [4.78, 5) is 53.6. The van der Waals surface area contributed by atoms with Gasteiger partial charge < -0.3 is 15.4 Å². The van der Waals surface area contributed by atoms with Gasteiger partial charge in [0.05, 0.1) is 12.2 Å². The second-order valence-corrected chi connectivity index (χ2v) is 10.7. The maximum absolute atomic E-state index is 13.0. The van der Waals surface area contributed by atoms with Crippen molar-refractivity contribution >= 4 is 68.1 Å². The molecule has 5 rings (SSSR count). The van der Waals surface area contributed by atoms with Gasteiger partial charge in [0.15, 0.2) is 5.11 Å². The van der Waals surface area contributed by atoms with E-state index in [2.05, 4.69) is 10.6 Å². The molecule has 3 aromatic rings. The average molecular weight is 550 g/mol. The van der Waals surface area contributed by atoms with Crippen LogP contribution in [0.15, 0.2) is 36.4 Å². The van der Waals surface area contributed by atoms with Gasteiger partial charge in [0, 0.05) is 34.4 Å². The number of carbonyl (C=O) groups excluding carboxylic acids is 4. The molecule has 1 aromatic heterocycles. The number of rotatable bonds is 7. The van der Waals surface area contributed by atoms with Crippen LogP contribution in [0.25, 0.3) is 10.8 Å². The molecule has 3 amide bonds. The second kappa shape index (κ2) is 11.0. The highest BCUT2D eigenvalue weighted by Gasteiger charge is 2.32. The van der Waals surface area contributed by atoms with Crippen molar-refractivity contribution in [3.05, 3.63) is 63.5 Å². The third-order valence-electron chi connectivity index (χ3n) is 6.77. The Labute approximate surface area is 229 Å². The van der Waals surface area contributed by atoms with E-state index >= 15 is 0 Å². The number of hydrogen-bond acceptors (Lipinski definition) is 7. The van der Waals surface area contributed by atoms with Crippen LogP contribution in [0.2, 0.25) is 0 Å². The van der Waals surface area contributed by atoms with Crippen LogP contribution in [-0.2, 0) is 22.4 Å². The van der Waals surface area contributed by atoms with E-state index < -0.39 is 5.97 Å². The van der Waals surface area contributed by atoms with Gasteiger partial charge in [-0.15, -0.1) is 11.3 Å².